The predicted octanol–water partition coefficient (Wildman–Crippen LogP) is 3.95. The van der Waals surface area contributed by atoms with E-state index >= 15 is 0 Å². The maximum Gasteiger partial charge on any atom is 0.0299 e. The summed E-state index contributed by atoms with van der Waals surface area (Å²) in [6.45, 7) is 7.48. The third-order valence-corrected chi connectivity index (χ3v) is 4.83. The molecule has 0 radical (unpaired) electrons. The molecule has 0 spiro atoms. The molecular weight excluding hydrogens is 252 g/mol. The molecule has 0 bridgehead atoms. The van der Waals surface area contributed by atoms with Crippen LogP contribution < -0.4 is 11.1 Å². The average Bonchev–Trinajstić information content (AvgIpc) is 2.87. The lowest BCUT2D eigenvalue weighted by molar-refractivity contribution is 0.404. The first-order valence-electron chi connectivity index (χ1n) is 7.78. The van der Waals surface area contributed by atoms with Gasteiger partial charge < -0.3 is 11.1 Å². The summed E-state index contributed by atoms with van der Waals surface area (Å²) in [5, 5.41) is 3.56. The van der Waals surface area contributed by atoms with Crippen LogP contribution in [0.3, 0.4) is 0 Å². The van der Waals surface area contributed by atoms with Crippen LogP contribution in [0.15, 0.2) is 12.1 Å². The Morgan fingerprint density at radius 2 is 1.95 bits per heavy atom. The Balaban J connectivity index is 2.09. The second kappa shape index (κ2) is 10.4. The maximum absolute atomic E-state index is 5.67. The second-order valence-electron chi connectivity index (χ2n) is 5.27. The Kier molecular flexibility index (Phi) is 9.14. The van der Waals surface area contributed by atoms with E-state index in [0.717, 1.165) is 32.0 Å². The van der Waals surface area contributed by atoms with Crippen LogP contribution in [-0.2, 0) is 13.0 Å². The normalized spacial score (nSPS) is 12.8. The largest absolute Gasteiger partial charge is 0.330 e. The van der Waals surface area contributed by atoms with Crippen molar-refractivity contribution in [1.29, 1.82) is 0 Å². The van der Waals surface area contributed by atoms with E-state index in [4.69, 9.17) is 5.73 Å². The highest BCUT2D eigenvalue weighted by Gasteiger charge is 2.06. The van der Waals surface area contributed by atoms with Crippen LogP contribution in [-0.4, -0.2) is 13.1 Å². The van der Waals surface area contributed by atoms with E-state index in [1.165, 1.54) is 41.9 Å². The summed E-state index contributed by atoms with van der Waals surface area (Å²) in [5.74, 6) is 0.838. The van der Waals surface area contributed by atoms with Crippen molar-refractivity contribution < 1.29 is 0 Å². The molecule has 0 aliphatic heterocycles. The summed E-state index contributed by atoms with van der Waals surface area (Å²) in [6.07, 6.45) is 7.56. The van der Waals surface area contributed by atoms with E-state index in [0.29, 0.717) is 0 Å². The molecule has 0 aromatic carbocycles. The van der Waals surface area contributed by atoms with Gasteiger partial charge in [-0.1, -0.05) is 26.7 Å². The van der Waals surface area contributed by atoms with Gasteiger partial charge in [0.05, 0.1) is 0 Å². The zero-order valence-electron chi connectivity index (χ0n) is 12.6. The minimum Gasteiger partial charge on any atom is -0.330 e. The van der Waals surface area contributed by atoms with Crippen molar-refractivity contribution in [3.63, 3.8) is 0 Å². The number of rotatable bonds is 11. The average molecular weight is 282 g/mol. The first kappa shape index (κ1) is 16.7. The molecule has 1 aromatic rings. The van der Waals surface area contributed by atoms with Crippen molar-refractivity contribution >= 4 is 11.3 Å². The molecule has 110 valence electrons. The van der Waals surface area contributed by atoms with Gasteiger partial charge in [-0.15, -0.1) is 11.3 Å². The number of hydrogen-bond acceptors (Lipinski definition) is 3. The van der Waals surface area contributed by atoms with E-state index in [-0.39, 0.29) is 0 Å². The minimum atomic E-state index is 0.838. The number of nitrogens with two attached hydrogens (primary N) is 1. The molecule has 0 amide bonds. The van der Waals surface area contributed by atoms with Gasteiger partial charge in [-0.05, 0) is 56.8 Å². The van der Waals surface area contributed by atoms with Crippen LogP contribution >= 0.6 is 11.3 Å². The van der Waals surface area contributed by atoms with Crippen LogP contribution in [0.2, 0.25) is 0 Å². The molecule has 0 aliphatic carbocycles. The smallest absolute Gasteiger partial charge is 0.0299 e. The highest BCUT2D eigenvalue weighted by Crippen LogP contribution is 2.18. The number of nitrogens with one attached hydrogen (secondary N) is 1. The van der Waals surface area contributed by atoms with Crippen molar-refractivity contribution in [1.82, 2.24) is 5.32 Å². The summed E-state index contributed by atoms with van der Waals surface area (Å²) in [6, 6.07) is 4.50. The molecule has 1 aromatic heterocycles. The first-order chi connectivity index (χ1) is 9.30. The van der Waals surface area contributed by atoms with Crippen LogP contribution in [0.25, 0.3) is 0 Å². The highest BCUT2D eigenvalue weighted by molar-refractivity contribution is 7.11. The number of aryl methyl sites for hydroxylation is 1. The van der Waals surface area contributed by atoms with Gasteiger partial charge in [0.1, 0.15) is 0 Å². The van der Waals surface area contributed by atoms with Crippen LogP contribution in [0.1, 0.15) is 55.7 Å². The van der Waals surface area contributed by atoms with Crippen molar-refractivity contribution in [2.45, 2.75) is 58.9 Å². The zero-order valence-corrected chi connectivity index (χ0v) is 13.4. The SMILES string of the molecule is CCCC(CCN)CCCNCc1ccc(CC)s1. The monoisotopic (exact) mass is 282 g/mol. The zero-order chi connectivity index (χ0) is 13.9. The van der Waals surface area contributed by atoms with Gasteiger partial charge in [0.25, 0.3) is 0 Å². The van der Waals surface area contributed by atoms with Crippen LogP contribution in [0, 0.1) is 5.92 Å². The van der Waals surface area contributed by atoms with Gasteiger partial charge in [-0.2, -0.15) is 0 Å². The molecule has 1 heterocycles. The summed E-state index contributed by atoms with van der Waals surface area (Å²) in [5.41, 5.74) is 5.67. The van der Waals surface area contributed by atoms with Gasteiger partial charge in [-0.3, -0.25) is 0 Å². The van der Waals surface area contributed by atoms with E-state index < -0.39 is 0 Å². The molecular formula is C16H30N2S. The number of hydrogen-bond donors (Lipinski definition) is 2. The first-order valence-corrected chi connectivity index (χ1v) is 8.60. The second-order valence-corrected chi connectivity index (χ2v) is 6.53. The summed E-state index contributed by atoms with van der Waals surface area (Å²) < 4.78 is 0. The molecule has 2 nitrogen and oxygen atoms in total. The molecule has 19 heavy (non-hydrogen) atoms. The van der Waals surface area contributed by atoms with Gasteiger partial charge in [0.15, 0.2) is 0 Å². The fourth-order valence-electron chi connectivity index (χ4n) is 2.51. The molecule has 1 atom stereocenters. The van der Waals surface area contributed by atoms with Crippen molar-refractivity contribution in [2.75, 3.05) is 13.1 Å². The van der Waals surface area contributed by atoms with Crippen LogP contribution in [0.4, 0.5) is 0 Å². The highest BCUT2D eigenvalue weighted by atomic mass is 32.1. The molecule has 0 aliphatic rings. The molecule has 0 fully saturated rings. The summed E-state index contributed by atoms with van der Waals surface area (Å²) in [4.78, 5) is 2.95. The minimum absolute atomic E-state index is 0.838. The maximum atomic E-state index is 5.67. The fraction of sp³-hybridized carbons (Fsp3) is 0.750. The van der Waals surface area contributed by atoms with Gasteiger partial charge in [0.2, 0.25) is 0 Å². The van der Waals surface area contributed by atoms with Crippen molar-refractivity contribution in [2.24, 2.45) is 11.7 Å². The van der Waals surface area contributed by atoms with Crippen LogP contribution in [0.5, 0.6) is 0 Å². The Bertz CT molecular complexity index is 316. The van der Waals surface area contributed by atoms with Crippen molar-refractivity contribution in [3.8, 4) is 0 Å². The lowest BCUT2D eigenvalue weighted by Gasteiger charge is -2.14. The molecule has 3 N–H and O–H groups in total. The number of thiophene rings is 1. The van der Waals surface area contributed by atoms with E-state index in [9.17, 15) is 0 Å². The van der Waals surface area contributed by atoms with E-state index in [1.807, 2.05) is 11.3 Å². The quantitative estimate of drug-likeness (QED) is 0.603. The Morgan fingerprint density at radius 1 is 1.16 bits per heavy atom. The van der Waals surface area contributed by atoms with E-state index in [1.54, 1.807) is 0 Å². The topological polar surface area (TPSA) is 38.0 Å². The standard InChI is InChI=1S/C16H30N2S/c1-3-6-14(10-11-17)7-5-12-18-13-16-9-8-15(4-2)19-16/h8-9,14,18H,3-7,10-13,17H2,1-2H3. The molecule has 0 saturated heterocycles. The van der Waals surface area contributed by atoms with Crippen molar-refractivity contribution in [3.05, 3.63) is 21.9 Å². The predicted molar refractivity (Wildman–Crippen MR) is 86.7 cm³/mol. The Morgan fingerprint density at radius 3 is 2.58 bits per heavy atom. The van der Waals surface area contributed by atoms with E-state index in [2.05, 4.69) is 31.3 Å². The molecule has 3 heteroatoms. The molecule has 0 saturated carbocycles. The van der Waals surface area contributed by atoms with Gasteiger partial charge in [-0.25, -0.2) is 0 Å². The molecule has 1 rings (SSSR count). The van der Waals surface area contributed by atoms with Gasteiger partial charge in [0, 0.05) is 16.3 Å². The summed E-state index contributed by atoms with van der Waals surface area (Å²) >= 11 is 1.93. The lowest BCUT2D eigenvalue weighted by atomic mass is 9.94. The Labute approximate surface area is 122 Å². The third kappa shape index (κ3) is 7.09. The van der Waals surface area contributed by atoms with Gasteiger partial charge >= 0.3 is 0 Å². The fourth-order valence-corrected chi connectivity index (χ4v) is 3.44. The lowest BCUT2D eigenvalue weighted by Crippen LogP contribution is -2.16. The molecule has 1 unspecified atom stereocenters. The third-order valence-electron chi connectivity index (χ3n) is 3.60. The summed E-state index contributed by atoms with van der Waals surface area (Å²) in [7, 11) is 0. The Hall–Kier alpha value is -0.380.